The number of aromatic nitrogens is 3. The molecule has 1 saturated heterocycles. The molecule has 2 aromatic heterocycles. The topological polar surface area (TPSA) is 89.7 Å². The van der Waals surface area contributed by atoms with Crippen LogP contribution in [-0.4, -0.2) is 64.6 Å². The molecule has 4 rings (SSSR count). The van der Waals surface area contributed by atoms with E-state index in [1.807, 2.05) is 22.9 Å². The van der Waals surface area contributed by atoms with Crippen LogP contribution in [0.25, 0.3) is 16.6 Å². The van der Waals surface area contributed by atoms with Crippen LogP contribution in [0.15, 0.2) is 36.9 Å². The van der Waals surface area contributed by atoms with Gasteiger partial charge >= 0.3 is 5.97 Å². The van der Waals surface area contributed by atoms with Crippen molar-refractivity contribution in [3.05, 3.63) is 47.0 Å². The summed E-state index contributed by atoms with van der Waals surface area (Å²) in [4.78, 5) is 21.9. The van der Waals surface area contributed by atoms with E-state index in [0.29, 0.717) is 34.5 Å². The molecule has 0 aliphatic carbocycles. The largest absolute Gasteiger partial charge is 0.481 e. The standard InChI is InChI=1S/C21H22Cl2N4O4/c1-30-14-8-13(11-31-7-4-19(28)29)27(10-14)18-9-17(26-6-5-24-12-26)15-2-3-16(22)20(23)21(15)25-18/h2-3,5-6,9,12-14H,4,7-8,10-11H2,1H3,(H,28,29)/t13-,14-/m0/s1. The first-order chi connectivity index (χ1) is 15.0. The molecular formula is C21H22Cl2N4O4. The van der Waals surface area contributed by atoms with Crippen LogP contribution in [0.5, 0.6) is 0 Å². The van der Waals surface area contributed by atoms with Gasteiger partial charge in [0.2, 0.25) is 0 Å². The number of nitrogens with zero attached hydrogens (tertiary/aromatic N) is 4. The molecule has 2 atom stereocenters. The highest BCUT2D eigenvalue weighted by atomic mass is 35.5. The highest BCUT2D eigenvalue weighted by molar-refractivity contribution is 6.45. The Kier molecular flexibility index (Phi) is 6.62. The number of carbonyl (C=O) groups is 1. The van der Waals surface area contributed by atoms with Crippen LogP contribution in [0.1, 0.15) is 12.8 Å². The quantitative estimate of drug-likeness (QED) is 0.506. The molecule has 0 saturated carbocycles. The Morgan fingerprint density at radius 3 is 2.90 bits per heavy atom. The first-order valence-electron chi connectivity index (χ1n) is 9.84. The summed E-state index contributed by atoms with van der Waals surface area (Å²) in [6, 6.07) is 5.61. The van der Waals surface area contributed by atoms with E-state index in [4.69, 9.17) is 42.8 Å². The molecule has 8 nitrogen and oxygen atoms in total. The number of methoxy groups -OCH3 is 1. The number of carboxylic acid groups (broad SMARTS) is 1. The number of benzene rings is 1. The lowest BCUT2D eigenvalue weighted by atomic mass is 10.1. The van der Waals surface area contributed by atoms with Gasteiger partial charge in [0.1, 0.15) is 5.82 Å². The van der Waals surface area contributed by atoms with E-state index < -0.39 is 5.97 Å². The molecule has 1 fully saturated rings. The van der Waals surface area contributed by atoms with Crippen molar-refractivity contribution in [2.24, 2.45) is 0 Å². The smallest absolute Gasteiger partial charge is 0.305 e. The summed E-state index contributed by atoms with van der Waals surface area (Å²) in [5, 5.41) is 10.5. The highest BCUT2D eigenvalue weighted by Crippen LogP contribution is 2.36. The van der Waals surface area contributed by atoms with Crippen molar-refractivity contribution in [1.29, 1.82) is 0 Å². The minimum atomic E-state index is -0.884. The summed E-state index contributed by atoms with van der Waals surface area (Å²) in [6.07, 6.45) is 6.00. The van der Waals surface area contributed by atoms with Crippen LogP contribution in [-0.2, 0) is 14.3 Å². The lowest BCUT2D eigenvalue weighted by Crippen LogP contribution is -2.34. The third-order valence-corrected chi connectivity index (χ3v) is 6.19. The van der Waals surface area contributed by atoms with Gasteiger partial charge in [-0.1, -0.05) is 23.2 Å². The monoisotopic (exact) mass is 464 g/mol. The van der Waals surface area contributed by atoms with Crippen molar-refractivity contribution in [3.63, 3.8) is 0 Å². The minimum Gasteiger partial charge on any atom is -0.481 e. The number of pyridine rings is 1. The number of imidazole rings is 1. The van der Waals surface area contributed by atoms with Crippen LogP contribution in [0, 0.1) is 0 Å². The number of hydrogen-bond acceptors (Lipinski definition) is 6. The Balaban J connectivity index is 1.72. The van der Waals surface area contributed by atoms with Gasteiger partial charge in [-0.3, -0.25) is 4.79 Å². The fraction of sp³-hybridized carbons (Fsp3) is 0.381. The second-order valence-corrected chi connectivity index (χ2v) is 8.13. The fourth-order valence-corrected chi connectivity index (χ4v) is 4.19. The summed E-state index contributed by atoms with van der Waals surface area (Å²) in [7, 11) is 1.68. The van der Waals surface area contributed by atoms with Gasteiger partial charge in [-0.05, 0) is 18.6 Å². The van der Waals surface area contributed by atoms with Crippen molar-refractivity contribution < 1.29 is 19.4 Å². The van der Waals surface area contributed by atoms with Crippen molar-refractivity contribution in [2.75, 3.05) is 31.8 Å². The predicted octanol–water partition coefficient (Wildman–Crippen LogP) is 3.81. The number of ether oxygens (including phenoxy) is 2. The first-order valence-corrected chi connectivity index (χ1v) is 10.6. The zero-order valence-electron chi connectivity index (χ0n) is 16.9. The summed E-state index contributed by atoms with van der Waals surface area (Å²) in [5.41, 5.74) is 1.48. The van der Waals surface area contributed by atoms with Crippen LogP contribution < -0.4 is 4.90 Å². The predicted molar refractivity (Wildman–Crippen MR) is 119 cm³/mol. The molecular weight excluding hydrogens is 443 g/mol. The maximum atomic E-state index is 10.8. The average Bonchev–Trinajstić information content (AvgIpc) is 3.43. The average molecular weight is 465 g/mol. The van der Waals surface area contributed by atoms with Gasteiger partial charge in [0.15, 0.2) is 0 Å². The summed E-state index contributed by atoms with van der Waals surface area (Å²) in [6.45, 7) is 1.16. The number of carboxylic acids is 1. The Bertz CT molecular complexity index is 1080. The molecule has 0 spiro atoms. The number of rotatable bonds is 8. The zero-order chi connectivity index (χ0) is 22.0. The first kappa shape index (κ1) is 21.8. The molecule has 0 unspecified atom stereocenters. The second kappa shape index (κ2) is 9.40. The number of hydrogen-bond donors (Lipinski definition) is 1. The second-order valence-electron chi connectivity index (χ2n) is 7.35. The Labute approximate surface area is 189 Å². The lowest BCUT2D eigenvalue weighted by Gasteiger charge is -2.26. The molecule has 1 aromatic carbocycles. The van der Waals surface area contributed by atoms with E-state index in [-0.39, 0.29) is 25.2 Å². The van der Waals surface area contributed by atoms with Gasteiger partial charge < -0.3 is 24.0 Å². The molecule has 0 amide bonds. The number of aliphatic carboxylic acids is 1. The molecule has 0 radical (unpaired) electrons. The maximum Gasteiger partial charge on any atom is 0.305 e. The Morgan fingerprint density at radius 1 is 1.35 bits per heavy atom. The van der Waals surface area contributed by atoms with Gasteiger partial charge in [0.05, 0.1) is 59.4 Å². The van der Waals surface area contributed by atoms with Crippen LogP contribution in [0.4, 0.5) is 5.82 Å². The van der Waals surface area contributed by atoms with E-state index >= 15 is 0 Å². The third-order valence-electron chi connectivity index (χ3n) is 5.39. The molecule has 31 heavy (non-hydrogen) atoms. The third kappa shape index (κ3) is 4.62. The normalized spacial score (nSPS) is 18.7. The van der Waals surface area contributed by atoms with Crippen molar-refractivity contribution in [3.8, 4) is 5.69 Å². The molecule has 1 aliphatic heterocycles. The number of halogens is 2. The molecule has 164 valence electrons. The van der Waals surface area contributed by atoms with Crippen molar-refractivity contribution >= 4 is 45.9 Å². The summed E-state index contributed by atoms with van der Waals surface area (Å²) >= 11 is 12.8. The molecule has 1 aliphatic rings. The van der Waals surface area contributed by atoms with Crippen molar-refractivity contribution in [2.45, 2.75) is 25.0 Å². The fourth-order valence-electron chi connectivity index (χ4n) is 3.83. The molecule has 3 heterocycles. The Hall–Kier alpha value is -2.39. The molecule has 10 heteroatoms. The zero-order valence-corrected chi connectivity index (χ0v) is 18.4. The maximum absolute atomic E-state index is 10.8. The van der Waals surface area contributed by atoms with E-state index in [1.165, 1.54) is 0 Å². The highest BCUT2D eigenvalue weighted by Gasteiger charge is 2.34. The van der Waals surface area contributed by atoms with Gasteiger partial charge in [-0.25, -0.2) is 9.97 Å². The number of anilines is 1. The molecule has 3 aromatic rings. The van der Waals surface area contributed by atoms with Gasteiger partial charge in [0.25, 0.3) is 0 Å². The molecule has 0 bridgehead atoms. The SMILES string of the molecule is CO[C@H]1C[C@@H](COCCC(=O)O)N(c2cc(-n3ccnc3)c3ccc(Cl)c(Cl)c3n2)C1. The lowest BCUT2D eigenvalue weighted by molar-refractivity contribution is -0.138. The Morgan fingerprint density at radius 2 is 2.19 bits per heavy atom. The number of fused-ring (bicyclic) bond motifs is 1. The molecule has 1 N–H and O–H groups in total. The van der Waals surface area contributed by atoms with E-state index in [0.717, 1.165) is 17.5 Å². The van der Waals surface area contributed by atoms with Crippen LogP contribution in [0.3, 0.4) is 0 Å². The van der Waals surface area contributed by atoms with E-state index in [1.54, 1.807) is 25.7 Å². The summed E-state index contributed by atoms with van der Waals surface area (Å²) in [5.74, 6) is -0.169. The van der Waals surface area contributed by atoms with Gasteiger partial charge in [-0.15, -0.1) is 0 Å². The minimum absolute atomic E-state index is 0.0112. The van der Waals surface area contributed by atoms with E-state index in [2.05, 4.69) is 9.88 Å². The van der Waals surface area contributed by atoms with Crippen LogP contribution >= 0.6 is 23.2 Å². The van der Waals surface area contributed by atoms with E-state index in [9.17, 15) is 4.79 Å². The van der Waals surface area contributed by atoms with Crippen LogP contribution in [0.2, 0.25) is 10.0 Å². The van der Waals surface area contributed by atoms with Gasteiger partial charge in [-0.2, -0.15) is 0 Å². The van der Waals surface area contributed by atoms with Crippen molar-refractivity contribution in [1.82, 2.24) is 14.5 Å². The summed E-state index contributed by atoms with van der Waals surface area (Å²) < 4.78 is 13.1. The van der Waals surface area contributed by atoms with Gasteiger partial charge in [0, 0.05) is 37.5 Å².